The Morgan fingerprint density at radius 1 is 1.28 bits per heavy atom. The van der Waals surface area contributed by atoms with Crippen LogP contribution in [-0.2, 0) is 4.79 Å². The van der Waals surface area contributed by atoms with Gasteiger partial charge >= 0.3 is 0 Å². The van der Waals surface area contributed by atoms with Gasteiger partial charge in [0, 0.05) is 12.1 Å². The van der Waals surface area contributed by atoms with Crippen LogP contribution in [0.4, 0.5) is 5.69 Å². The molecule has 25 heavy (non-hydrogen) atoms. The van der Waals surface area contributed by atoms with Gasteiger partial charge in [-0.15, -0.1) is 0 Å². The lowest BCUT2D eigenvalue weighted by atomic mass is 10.1. The van der Waals surface area contributed by atoms with E-state index in [-0.39, 0.29) is 12.3 Å². The summed E-state index contributed by atoms with van der Waals surface area (Å²) in [5.74, 6) is -0.0874. The number of benzene rings is 2. The largest absolute Gasteiger partial charge is 0.483 e. The highest BCUT2D eigenvalue weighted by Crippen LogP contribution is 2.28. The van der Waals surface area contributed by atoms with E-state index in [1.165, 1.54) is 18.2 Å². The van der Waals surface area contributed by atoms with Crippen molar-refractivity contribution in [1.82, 2.24) is 5.43 Å². The van der Waals surface area contributed by atoms with Gasteiger partial charge in [-0.1, -0.05) is 37.3 Å². The van der Waals surface area contributed by atoms with E-state index < -0.39 is 10.8 Å². The molecule has 0 heterocycles. The Hall–Kier alpha value is -2.74. The molecule has 2 aromatic rings. The van der Waals surface area contributed by atoms with Crippen molar-refractivity contribution < 1.29 is 14.5 Å². The van der Waals surface area contributed by atoms with Crippen molar-refractivity contribution in [2.24, 2.45) is 5.10 Å². The molecule has 0 bridgehead atoms. The molecular formula is C17H16BrN3O4. The van der Waals surface area contributed by atoms with Gasteiger partial charge < -0.3 is 4.74 Å². The molecule has 7 nitrogen and oxygen atoms in total. The number of carbonyl (C=O) groups is 1. The summed E-state index contributed by atoms with van der Waals surface area (Å²) in [7, 11) is 0. The van der Waals surface area contributed by atoms with E-state index >= 15 is 0 Å². The van der Waals surface area contributed by atoms with E-state index in [1.54, 1.807) is 0 Å². The molecule has 2 rings (SSSR count). The smallest absolute Gasteiger partial charge is 0.277 e. The highest BCUT2D eigenvalue weighted by molar-refractivity contribution is 9.10. The first-order chi connectivity index (χ1) is 12.0. The van der Waals surface area contributed by atoms with Crippen LogP contribution in [0.1, 0.15) is 18.9 Å². The molecule has 8 heteroatoms. The lowest BCUT2D eigenvalue weighted by Crippen LogP contribution is -2.26. The summed E-state index contributed by atoms with van der Waals surface area (Å²) in [5, 5.41) is 14.8. The molecule has 0 aromatic heterocycles. The quantitative estimate of drug-likeness (QED) is 0.431. The molecule has 0 fully saturated rings. The maximum Gasteiger partial charge on any atom is 0.277 e. The van der Waals surface area contributed by atoms with Crippen LogP contribution in [0.3, 0.4) is 0 Å². The van der Waals surface area contributed by atoms with E-state index in [0.717, 1.165) is 11.3 Å². The number of nitrogens with one attached hydrogen (secondary N) is 1. The highest BCUT2D eigenvalue weighted by atomic mass is 79.9. The van der Waals surface area contributed by atoms with Crippen LogP contribution < -0.4 is 10.2 Å². The van der Waals surface area contributed by atoms with E-state index in [1.807, 2.05) is 37.3 Å². The fourth-order valence-corrected chi connectivity index (χ4v) is 2.49. The number of nitro groups is 1. The van der Waals surface area contributed by atoms with Gasteiger partial charge in [0.25, 0.3) is 11.6 Å². The summed E-state index contributed by atoms with van der Waals surface area (Å²) >= 11 is 3.18. The second-order valence-electron chi connectivity index (χ2n) is 4.97. The SMILES string of the molecule is CC/C(=N\NC(=O)COc1ccc([N+](=O)[O-])cc1Br)c1ccccc1. The highest BCUT2D eigenvalue weighted by Gasteiger charge is 2.11. The number of carbonyl (C=O) groups excluding carboxylic acids is 1. The Balaban J connectivity index is 1.94. The lowest BCUT2D eigenvalue weighted by molar-refractivity contribution is -0.384. The zero-order chi connectivity index (χ0) is 18.2. The van der Waals surface area contributed by atoms with E-state index in [2.05, 4.69) is 26.5 Å². The molecule has 0 saturated carbocycles. The summed E-state index contributed by atoms with van der Waals surface area (Å²) in [6.45, 7) is 1.69. The van der Waals surface area contributed by atoms with Crippen LogP contribution in [0.25, 0.3) is 0 Å². The number of rotatable bonds is 7. The third-order valence-electron chi connectivity index (χ3n) is 3.24. The van der Waals surface area contributed by atoms with Crippen LogP contribution in [0.15, 0.2) is 58.1 Å². The second-order valence-corrected chi connectivity index (χ2v) is 5.83. The van der Waals surface area contributed by atoms with Crippen LogP contribution in [0.5, 0.6) is 5.75 Å². The number of amides is 1. The fourth-order valence-electron chi connectivity index (χ4n) is 2.00. The van der Waals surface area contributed by atoms with E-state index in [0.29, 0.717) is 16.6 Å². The van der Waals surface area contributed by atoms with Crippen LogP contribution in [0.2, 0.25) is 0 Å². The monoisotopic (exact) mass is 405 g/mol. The predicted octanol–water partition coefficient (Wildman–Crippen LogP) is 3.67. The van der Waals surface area contributed by atoms with Crippen molar-refractivity contribution in [1.29, 1.82) is 0 Å². The van der Waals surface area contributed by atoms with E-state index in [4.69, 9.17) is 4.74 Å². The number of hydrazone groups is 1. The molecular weight excluding hydrogens is 390 g/mol. The third kappa shape index (κ3) is 5.39. The summed E-state index contributed by atoms with van der Waals surface area (Å²) in [5.41, 5.74) is 4.08. The Kier molecular flexibility index (Phi) is 6.64. The van der Waals surface area contributed by atoms with Gasteiger partial charge in [-0.05, 0) is 34.0 Å². The van der Waals surface area contributed by atoms with E-state index in [9.17, 15) is 14.9 Å². The van der Waals surface area contributed by atoms with Crippen molar-refractivity contribution in [3.05, 3.63) is 68.7 Å². The third-order valence-corrected chi connectivity index (χ3v) is 3.86. The minimum atomic E-state index is -0.508. The van der Waals surface area contributed by atoms with Gasteiger partial charge in [0.2, 0.25) is 0 Å². The van der Waals surface area contributed by atoms with Gasteiger partial charge in [-0.3, -0.25) is 14.9 Å². The minimum Gasteiger partial charge on any atom is -0.483 e. The zero-order valence-corrected chi connectivity index (χ0v) is 15.0. The Bertz CT molecular complexity index is 794. The minimum absolute atomic E-state index is 0.0660. The van der Waals surface area contributed by atoms with Gasteiger partial charge in [0.1, 0.15) is 5.75 Å². The van der Waals surface area contributed by atoms with Crippen molar-refractivity contribution in [3.63, 3.8) is 0 Å². The number of non-ortho nitro benzene ring substituents is 1. The average Bonchev–Trinajstić information content (AvgIpc) is 2.62. The van der Waals surface area contributed by atoms with Gasteiger partial charge in [0.15, 0.2) is 6.61 Å². The Morgan fingerprint density at radius 2 is 2.00 bits per heavy atom. The topological polar surface area (TPSA) is 93.8 Å². The number of halogens is 1. The zero-order valence-electron chi connectivity index (χ0n) is 13.4. The maximum atomic E-state index is 11.9. The second kappa shape index (κ2) is 8.93. The molecule has 0 atom stereocenters. The number of hydrogen-bond donors (Lipinski definition) is 1. The summed E-state index contributed by atoms with van der Waals surface area (Å²) in [6.07, 6.45) is 0.666. The summed E-state index contributed by atoms with van der Waals surface area (Å²) < 4.78 is 5.75. The first-order valence-corrected chi connectivity index (χ1v) is 8.28. The first kappa shape index (κ1) is 18.6. The van der Waals surface area contributed by atoms with Crippen LogP contribution in [0, 0.1) is 10.1 Å². The van der Waals surface area contributed by atoms with Crippen molar-refractivity contribution in [2.75, 3.05) is 6.61 Å². The molecule has 0 unspecified atom stereocenters. The molecule has 2 aromatic carbocycles. The van der Waals surface area contributed by atoms with Crippen molar-refractivity contribution in [2.45, 2.75) is 13.3 Å². The normalized spacial score (nSPS) is 11.0. The molecule has 1 amide bonds. The van der Waals surface area contributed by atoms with Gasteiger partial charge in [0.05, 0.1) is 15.1 Å². The maximum absolute atomic E-state index is 11.9. The van der Waals surface area contributed by atoms with Crippen LogP contribution >= 0.6 is 15.9 Å². The molecule has 0 spiro atoms. The molecule has 1 N–H and O–H groups in total. The molecule has 0 saturated heterocycles. The van der Waals surface area contributed by atoms with Gasteiger partial charge in [-0.2, -0.15) is 5.10 Å². The molecule has 0 radical (unpaired) electrons. The number of hydrogen-bond acceptors (Lipinski definition) is 5. The lowest BCUT2D eigenvalue weighted by Gasteiger charge is -2.08. The first-order valence-electron chi connectivity index (χ1n) is 7.48. The number of ether oxygens (including phenoxy) is 1. The summed E-state index contributed by atoms with van der Waals surface area (Å²) in [4.78, 5) is 22.1. The predicted molar refractivity (Wildman–Crippen MR) is 97.7 cm³/mol. The van der Waals surface area contributed by atoms with Crippen LogP contribution in [-0.4, -0.2) is 23.1 Å². The standard InChI is InChI=1S/C17H16BrN3O4/c1-2-15(12-6-4-3-5-7-12)19-20-17(22)11-25-16-9-8-13(21(23)24)10-14(16)18/h3-10H,2,11H2,1H3,(H,20,22)/b19-15+. The molecule has 0 aliphatic rings. The van der Waals surface area contributed by atoms with Gasteiger partial charge in [-0.25, -0.2) is 5.43 Å². The fraction of sp³-hybridized carbons (Fsp3) is 0.176. The Labute approximate surface area is 153 Å². The Morgan fingerprint density at radius 3 is 2.60 bits per heavy atom. The molecule has 0 aliphatic heterocycles. The average molecular weight is 406 g/mol. The summed E-state index contributed by atoms with van der Waals surface area (Å²) in [6, 6.07) is 13.6. The molecule has 130 valence electrons. The number of nitro benzene ring substituents is 1. The van der Waals surface area contributed by atoms with Crippen molar-refractivity contribution in [3.8, 4) is 5.75 Å². The van der Waals surface area contributed by atoms with Crippen molar-refractivity contribution >= 4 is 33.2 Å². The number of nitrogens with zero attached hydrogens (tertiary/aromatic N) is 2. The molecule has 0 aliphatic carbocycles.